The molecule has 1 amide bonds. The Kier molecular flexibility index (Phi) is 8.18. The summed E-state index contributed by atoms with van der Waals surface area (Å²) in [6.07, 6.45) is 0. The number of hydrogen-bond donors (Lipinski definition) is 1. The Morgan fingerprint density at radius 3 is 2.09 bits per heavy atom. The van der Waals surface area contributed by atoms with E-state index in [1.165, 1.54) is 7.11 Å². The lowest BCUT2D eigenvalue weighted by atomic mass is 9.97. The van der Waals surface area contributed by atoms with E-state index in [1.54, 1.807) is 55.5 Å². The van der Waals surface area contributed by atoms with Crippen molar-refractivity contribution in [2.75, 3.05) is 13.7 Å². The first-order valence-electron chi connectivity index (χ1n) is 10.4. The summed E-state index contributed by atoms with van der Waals surface area (Å²) < 4.78 is 15.7. The van der Waals surface area contributed by atoms with E-state index in [9.17, 15) is 14.4 Å². The average Bonchev–Trinajstić information content (AvgIpc) is 2.86. The van der Waals surface area contributed by atoms with Crippen LogP contribution in [0.1, 0.15) is 34.5 Å². The summed E-state index contributed by atoms with van der Waals surface area (Å²) in [7, 11) is 1.53. The Balaban J connectivity index is 1.77. The molecule has 1 unspecified atom stereocenters. The number of methoxy groups -OCH3 is 1. The summed E-state index contributed by atoms with van der Waals surface area (Å²) in [5.74, 6) is -1.22. The molecule has 0 saturated heterocycles. The normalized spacial score (nSPS) is 11.2. The van der Waals surface area contributed by atoms with Crippen LogP contribution >= 0.6 is 0 Å². The Bertz CT molecular complexity index is 1080. The van der Waals surface area contributed by atoms with Crippen LogP contribution in [0.3, 0.4) is 0 Å². The van der Waals surface area contributed by atoms with Crippen molar-refractivity contribution in [3.8, 4) is 11.5 Å². The molecule has 7 nitrogen and oxygen atoms in total. The second-order valence-electron chi connectivity index (χ2n) is 7.06. The molecular formula is C26H25NO6. The zero-order valence-corrected chi connectivity index (χ0v) is 18.4. The van der Waals surface area contributed by atoms with Crippen LogP contribution in [0.15, 0.2) is 78.9 Å². The summed E-state index contributed by atoms with van der Waals surface area (Å²) in [6, 6.07) is 21.9. The molecule has 7 heteroatoms. The van der Waals surface area contributed by atoms with Crippen LogP contribution in [-0.4, -0.2) is 31.4 Å². The van der Waals surface area contributed by atoms with Gasteiger partial charge in [0.1, 0.15) is 24.1 Å². The van der Waals surface area contributed by atoms with Crippen molar-refractivity contribution in [1.29, 1.82) is 0 Å². The van der Waals surface area contributed by atoms with Gasteiger partial charge in [-0.15, -0.1) is 0 Å². The van der Waals surface area contributed by atoms with Gasteiger partial charge < -0.3 is 19.5 Å². The fraction of sp³-hybridized carbons (Fsp3) is 0.192. The molecule has 0 aliphatic rings. The number of rotatable bonds is 9. The molecule has 3 aromatic carbocycles. The van der Waals surface area contributed by atoms with Gasteiger partial charge in [0, 0.05) is 5.56 Å². The molecule has 0 fully saturated rings. The summed E-state index contributed by atoms with van der Waals surface area (Å²) in [5.41, 5.74) is 1.88. The lowest BCUT2D eigenvalue weighted by Crippen LogP contribution is -2.39. The summed E-state index contributed by atoms with van der Waals surface area (Å²) >= 11 is 0. The van der Waals surface area contributed by atoms with Crippen LogP contribution in [0.4, 0.5) is 0 Å². The number of carbonyl (C=O) groups is 3. The summed E-state index contributed by atoms with van der Waals surface area (Å²) in [6.45, 7) is 2.05. The van der Waals surface area contributed by atoms with Crippen molar-refractivity contribution in [1.82, 2.24) is 5.32 Å². The highest BCUT2D eigenvalue weighted by Gasteiger charge is 2.27. The van der Waals surface area contributed by atoms with Gasteiger partial charge in [0.05, 0.1) is 13.7 Å². The Morgan fingerprint density at radius 2 is 1.48 bits per heavy atom. The molecule has 3 aromatic rings. The van der Waals surface area contributed by atoms with Crippen LogP contribution in [0.25, 0.3) is 0 Å². The third-order valence-corrected chi connectivity index (χ3v) is 4.83. The molecular weight excluding hydrogens is 422 g/mol. The van der Waals surface area contributed by atoms with E-state index in [-0.39, 0.29) is 12.4 Å². The second-order valence-corrected chi connectivity index (χ2v) is 7.06. The number of Topliss-reactive ketones (excluding diaryl/α,β-unsaturated/α-hetero) is 1. The maximum Gasteiger partial charge on any atom is 0.396 e. The van der Waals surface area contributed by atoms with Crippen LogP contribution in [0, 0.1) is 0 Å². The Morgan fingerprint density at radius 1 is 0.848 bits per heavy atom. The van der Waals surface area contributed by atoms with Gasteiger partial charge in [-0.05, 0) is 54.4 Å². The molecule has 0 aliphatic heterocycles. The number of ketones is 1. The molecule has 0 radical (unpaired) electrons. The first-order valence-corrected chi connectivity index (χ1v) is 10.4. The zero-order chi connectivity index (χ0) is 23.6. The van der Waals surface area contributed by atoms with E-state index in [1.807, 2.05) is 30.3 Å². The van der Waals surface area contributed by atoms with Crippen molar-refractivity contribution < 1.29 is 28.6 Å². The molecule has 3 rings (SSSR count). The van der Waals surface area contributed by atoms with Crippen LogP contribution in [-0.2, 0) is 20.9 Å². The van der Waals surface area contributed by atoms with E-state index in [0.29, 0.717) is 29.2 Å². The lowest BCUT2D eigenvalue weighted by molar-refractivity contribution is -0.154. The van der Waals surface area contributed by atoms with Gasteiger partial charge in [-0.1, -0.05) is 42.5 Å². The van der Waals surface area contributed by atoms with Gasteiger partial charge in [0.2, 0.25) is 0 Å². The maximum absolute atomic E-state index is 13.3. The first-order chi connectivity index (χ1) is 16.0. The number of amides is 1. The molecule has 0 saturated carbocycles. The fourth-order valence-electron chi connectivity index (χ4n) is 3.11. The van der Waals surface area contributed by atoms with E-state index >= 15 is 0 Å². The smallest absolute Gasteiger partial charge is 0.396 e. The third kappa shape index (κ3) is 6.43. The SMILES string of the molecule is CCOC(=O)C(=O)NC(C(=O)c1ccc(OCc2ccccc2)cc1)c1ccc(OC)cc1. The lowest BCUT2D eigenvalue weighted by Gasteiger charge is -2.18. The van der Waals surface area contributed by atoms with Crippen molar-refractivity contribution in [2.45, 2.75) is 19.6 Å². The van der Waals surface area contributed by atoms with Crippen molar-refractivity contribution in [3.63, 3.8) is 0 Å². The first kappa shape index (κ1) is 23.5. The second kappa shape index (κ2) is 11.5. The van der Waals surface area contributed by atoms with Crippen LogP contribution in [0.2, 0.25) is 0 Å². The number of nitrogens with one attached hydrogen (secondary N) is 1. The van der Waals surface area contributed by atoms with E-state index in [2.05, 4.69) is 5.32 Å². The van der Waals surface area contributed by atoms with Crippen molar-refractivity contribution in [3.05, 3.63) is 95.6 Å². The minimum Gasteiger partial charge on any atom is -0.497 e. The van der Waals surface area contributed by atoms with E-state index in [0.717, 1.165) is 5.56 Å². The highest BCUT2D eigenvalue weighted by atomic mass is 16.5. The molecule has 170 valence electrons. The fourth-order valence-corrected chi connectivity index (χ4v) is 3.11. The topological polar surface area (TPSA) is 90.9 Å². The van der Waals surface area contributed by atoms with Gasteiger partial charge in [-0.3, -0.25) is 9.59 Å². The summed E-state index contributed by atoms with van der Waals surface area (Å²) in [4.78, 5) is 37.4. The van der Waals surface area contributed by atoms with Gasteiger partial charge in [0.25, 0.3) is 0 Å². The van der Waals surface area contributed by atoms with Crippen molar-refractivity contribution in [2.24, 2.45) is 0 Å². The number of carbonyl (C=O) groups excluding carboxylic acids is 3. The van der Waals surface area contributed by atoms with E-state index < -0.39 is 17.9 Å². The van der Waals surface area contributed by atoms with Crippen LogP contribution in [0.5, 0.6) is 11.5 Å². The highest BCUT2D eigenvalue weighted by molar-refractivity contribution is 6.33. The maximum atomic E-state index is 13.3. The average molecular weight is 447 g/mol. The third-order valence-electron chi connectivity index (χ3n) is 4.83. The standard InChI is InChI=1S/C26H25NO6/c1-3-32-26(30)25(29)27-23(19-9-13-21(31-2)14-10-19)24(28)20-11-15-22(16-12-20)33-17-18-7-5-4-6-8-18/h4-16,23H,3,17H2,1-2H3,(H,27,29). The molecule has 0 aliphatic carbocycles. The number of ether oxygens (including phenoxy) is 3. The number of esters is 1. The largest absolute Gasteiger partial charge is 0.497 e. The molecule has 0 aromatic heterocycles. The molecule has 0 bridgehead atoms. The van der Waals surface area contributed by atoms with Gasteiger partial charge >= 0.3 is 11.9 Å². The predicted octanol–water partition coefficient (Wildman–Crippen LogP) is 3.88. The molecule has 1 atom stereocenters. The molecule has 1 N–H and O–H groups in total. The Hall–Kier alpha value is -4.13. The predicted molar refractivity (Wildman–Crippen MR) is 122 cm³/mol. The van der Waals surface area contributed by atoms with Crippen molar-refractivity contribution >= 4 is 17.7 Å². The van der Waals surface area contributed by atoms with E-state index in [4.69, 9.17) is 14.2 Å². The van der Waals surface area contributed by atoms with Gasteiger partial charge in [-0.25, -0.2) is 4.79 Å². The zero-order valence-electron chi connectivity index (χ0n) is 18.4. The number of hydrogen-bond acceptors (Lipinski definition) is 6. The quantitative estimate of drug-likeness (QED) is 0.304. The molecule has 0 spiro atoms. The highest BCUT2D eigenvalue weighted by Crippen LogP contribution is 2.23. The van der Waals surface area contributed by atoms with Gasteiger partial charge in [-0.2, -0.15) is 0 Å². The Labute approximate surface area is 192 Å². The monoisotopic (exact) mass is 447 g/mol. The summed E-state index contributed by atoms with van der Waals surface area (Å²) in [5, 5.41) is 2.48. The van der Waals surface area contributed by atoms with Crippen LogP contribution < -0.4 is 14.8 Å². The molecule has 0 heterocycles. The van der Waals surface area contributed by atoms with Gasteiger partial charge in [0.15, 0.2) is 5.78 Å². The molecule has 33 heavy (non-hydrogen) atoms. The minimum absolute atomic E-state index is 0.0534. The minimum atomic E-state index is -1.08. The number of benzene rings is 3.